The van der Waals surface area contributed by atoms with Gasteiger partial charge in [0.1, 0.15) is 5.82 Å². The summed E-state index contributed by atoms with van der Waals surface area (Å²) >= 11 is 7.32. The van der Waals surface area contributed by atoms with Crippen LogP contribution in [0.5, 0.6) is 0 Å². The molecular weight excluding hydrogens is 335 g/mol. The van der Waals surface area contributed by atoms with E-state index in [0.717, 1.165) is 21.8 Å². The minimum atomic E-state index is -0.479. The Morgan fingerprint density at radius 3 is 2.78 bits per heavy atom. The molecule has 0 fully saturated rings. The number of halogens is 2. The molecule has 0 bridgehead atoms. The minimum Gasteiger partial charge on any atom is -0.298 e. The maximum absolute atomic E-state index is 13.1. The van der Waals surface area contributed by atoms with Crippen molar-refractivity contribution in [2.45, 2.75) is 19.8 Å². The fourth-order valence-corrected chi connectivity index (χ4v) is 3.48. The Kier molecular flexibility index (Phi) is 4.33. The van der Waals surface area contributed by atoms with Crippen LogP contribution in [0.3, 0.4) is 0 Å². The molecule has 0 aliphatic rings. The van der Waals surface area contributed by atoms with E-state index in [0.29, 0.717) is 11.0 Å². The monoisotopic (exact) mass is 348 g/mol. The summed E-state index contributed by atoms with van der Waals surface area (Å²) in [5.41, 5.74) is 2.25. The van der Waals surface area contributed by atoms with Crippen molar-refractivity contribution in [1.82, 2.24) is 4.98 Å². The molecule has 23 heavy (non-hydrogen) atoms. The molecule has 1 heterocycles. The molecule has 2 aromatic carbocycles. The van der Waals surface area contributed by atoms with E-state index in [1.165, 1.54) is 23.5 Å². The zero-order valence-corrected chi connectivity index (χ0v) is 14.1. The number of anilines is 1. The van der Waals surface area contributed by atoms with Crippen molar-refractivity contribution in [1.29, 1.82) is 0 Å². The number of rotatable bonds is 3. The van der Waals surface area contributed by atoms with E-state index < -0.39 is 11.7 Å². The molecule has 6 heteroatoms. The van der Waals surface area contributed by atoms with Crippen LogP contribution in [0.1, 0.15) is 35.7 Å². The van der Waals surface area contributed by atoms with Crippen molar-refractivity contribution >= 4 is 44.2 Å². The third-order valence-corrected chi connectivity index (χ3v) is 4.72. The number of aromatic nitrogens is 1. The lowest BCUT2D eigenvalue weighted by Gasteiger charge is -2.05. The highest BCUT2D eigenvalue weighted by molar-refractivity contribution is 7.22. The molecule has 0 radical (unpaired) electrons. The highest BCUT2D eigenvalue weighted by atomic mass is 35.5. The van der Waals surface area contributed by atoms with Gasteiger partial charge in [-0.05, 0) is 35.7 Å². The zero-order valence-electron chi connectivity index (χ0n) is 12.6. The van der Waals surface area contributed by atoms with Gasteiger partial charge in [0.05, 0.1) is 20.8 Å². The maximum Gasteiger partial charge on any atom is 0.258 e. The predicted octanol–water partition coefficient (Wildman–Crippen LogP) is 5.46. The second-order valence-electron chi connectivity index (χ2n) is 5.45. The molecule has 0 spiro atoms. The third-order valence-electron chi connectivity index (χ3n) is 3.47. The normalized spacial score (nSPS) is 11.2. The van der Waals surface area contributed by atoms with Crippen LogP contribution in [0, 0.1) is 5.82 Å². The van der Waals surface area contributed by atoms with Crippen molar-refractivity contribution in [3.8, 4) is 0 Å². The lowest BCUT2D eigenvalue weighted by atomic mass is 10.0. The number of carbonyl (C=O) groups excluding carboxylic acids is 1. The molecule has 0 aliphatic carbocycles. The zero-order chi connectivity index (χ0) is 16.6. The Bertz CT molecular complexity index is 891. The fraction of sp³-hybridized carbons (Fsp3) is 0.176. The van der Waals surface area contributed by atoms with Crippen molar-refractivity contribution in [3.63, 3.8) is 0 Å². The van der Waals surface area contributed by atoms with E-state index in [4.69, 9.17) is 11.6 Å². The second-order valence-corrected chi connectivity index (χ2v) is 6.88. The molecule has 1 N–H and O–H groups in total. The number of amides is 1. The maximum atomic E-state index is 13.1. The van der Waals surface area contributed by atoms with Gasteiger partial charge in [0.2, 0.25) is 0 Å². The second kappa shape index (κ2) is 6.26. The van der Waals surface area contributed by atoms with E-state index in [1.807, 2.05) is 18.2 Å². The topological polar surface area (TPSA) is 42.0 Å². The lowest BCUT2D eigenvalue weighted by Crippen LogP contribution is -2.12. The van der Waals surface area contributed by atoms with Crippen LogP contribution in [-0.2, 0) is 0 Å². The summed E-state index contributed by atoms with van der Waals surface area (Å²) < 4.78 is 14.1. The molecule has 0 unspecified atom stereocenters. The van der Waals surface area contributed by atoms with Crippen molar-refractivity contribution in [3.05, 3.63) is 58.4 Å². The number of nitrogens with zero attached hydrogens (tertiary/aromatic N) is 1. The van der Waals surface area contributed by atoms with Gasteiger partial charge in [0, 0.05) is 0 Å². The fourth-order valence-electron chi connectivity index (χ4n) is 2.33. The van der Waals surface area contributed by atoms with E-state index in [9.17, 15) is 9.18 Å². The SMILES string of the molecule is CC(C)c1cccc2sc(NC(=O)c3ccc(F)cc3Cl)nc12. The quantitative estimate of drug-likeness (QED) is 0.682. The number of carbonyl (C=O) groups is 1. The Morgan fingerprint density at radius 1 is 1.30 bits per heavy atom. The van der Waals surface area contributed by atoms with Crippen molar-refractivity contribution < 1.29 is 9.18 Å². The van der Waals surface area contributed by atoms with Gasteiger partial charge in [-0.25, -0.2) is 9.37 Å². The van der Waals surface area contributed by atoms with E-state index in [-0.39, 0.29) is 10.6 Å². The van der Waals surface area contributed by atoms with Gasteiger partial charge in [-0.2, -0.15) is 0 Å². The van der Waals surface area contributed by atoms with Gasteiger partial charge in [0.15, 0.2) is 5.13 Å². The Morgan fingerprint density at radius 2 is 2.09 bits per heavy atom. The van der Waals surface area contributed by atoms with Crippen LogP contribution >= 0.6 is 22.9 Å². The first-order chi connectivity index (χ1) is 11.0. The number of fused-ring (bicyclic) bond motifs is 1. The van der Waals surface area contributed by atoms with Crippen LogP contribution in [0.4, 0.5) is 9.52 Å². The average molecular weight is 349 g/mol. The first kappa shape index (κ1) is 15.9. The van der Waals surface area contributed by atoms with Crippen LogP contribution in [0.2, 0.25) is 5.02 Å². The molecule has 3 aromatic rings. The summed E-state index contributed by atoms with van der Waals surface area (Å²) in [6.07, 6.45) is 0. The molecule has 118 valence electrons. The van der Waals surface area contributed by atoms with E-state index >= 15 is 0 Å². The van der Waals surface area contributed by atoms with Gasteiger partial charge in [-0.3, -0.25) is 10.1 Å². The molecule has 1 amide bonds. The smallest absolute Gasteiger partial charge is 0.258 e. The summed E-state index contributed by atoms with van der Waals surface area (Å²) in [6, 6.07) is 9.68. The van der Waals surface area contributed by atoms with Gasteiger partial charge < -0.3 is 0 Å². The molecule has 0 aliphatic heterocycles. The van der Waals surface area contributed by atoms with Gasteiger partial charge >= 0.3 is 0 Å². The summed E-state index contributed by atoms with van der Waals surface area (Å²) in [5.74, 6) is -0.538. The lowest BCUT2D eigenvalue weighted by molar-refractivity contribution is 0.102. The van der Waals surface area contributed by atoms with Gasteiger partial charge in [0.25, 0.3) is 5.91 Å². The third kappa shape index (κ3) is 3.21. The van der Waals surface area contributed by atoms with Crippen LogP contribution < -0.4 is 5.32 Å². The molecule has 3 rings (SSSR count). The summed E-state index contributed by atoms with van der Waals surface area (Å²) in [4.78, 5) is 16.8. The summed E-state index contributed by atoms with van der Waals surface area (Å²) in [5, 5.41) is 3.31. The average Bonchev–Trinajstić information content (AvgIpc) is 2.88. The largest absolute Gasteiger partial charge is 0.298 e. The van der Waals surface area contributed by atoms with Gasteiger partial charge in [-0.1, -0.05) is 48.9 Å². The first-order valence-corrected chi connectivity index (χ1v) is 8.31. The van der Waals surface area contributed by atoms with Crippen molar-refractivity contribution in [2.24, 2.45) is 0 Å². The molecule has 0 atom stereocenters. The number of nitrogens with one attached hydrogen (secondary N) is 1. The summed E-state index contributed by atoms with van der Waals surface area (Å²) in [6.45, 7) is 4.20. The van der Waals surface area contributed by atoms with Crippen LogP contribution in [0.25, 0.3) is 10.2 Å². The molecule has 0 saturated carbocycles. The van der Waals surface area contributed by atoms with Gasteiger partial charge in [-0.15, -0.1) is 0 Å². The number of hydrogen-bond donors (Lipinski definition) is 1. The molecule has 1 aromatic heterocycles. The number of hydrogen-bond acceptors (Lipinski definition) is 3. The minimum absolute atomic E-state index is 0.0754. The highest BCUT2D eigenvalue weighted by Crippen LogP contribution is 2.32. The summed E-state index contributed by atoms with van der Waals surface area (Å²) in [7, 11) is 0. The van der Waals surface area contributed by atoms with Crippen LogP contribution in [0.15, 0.2) is 36.4 Å². The Hall–Kier alpha value is -1.98. The standard InChI is InChI=1S/C17H14ClFN2OS/c1-9(2)11-4-3-5-14-15(11)20-17(23-14)21-16(22)12-7-6-10(19)8-13(12)18/h3-9H,1-2H3,(H,20,21,22). The number of para-hydroxylation sites is 1. The van der Waals surface area contributed by atoms with E-state index in [2.05, 4.69) is 24.1 Å². The molecule has 3 nitrogen and oxygen atoms in total. The molecule has 0 saturated heterocycles. The Labute approximate surface area is 142 Å². The predicted molar refractivity (Wildman–Crippen MR) is 93.1 cm³/mol. The van der Waals surface area contributed by atoms with Crippen LogP contribution in [-0.4, -0.2) is 10.9 Å². The van der Waals surface area contributed by atoms with E-state index in [1.54, 1.807) is 0 Å². The highest BCUT2D eigenvalue weighted by Gasteiger charge is 2.15. The first-order valence-electron chi connectivity index (χ1n) is 7.11. The number of benzene rings is 2. The Balaban J connectivity index is 1.92. The number of thiazole rings is 1. The van der Waals surface area contributed by atoms with Crippen molar-refractivity contribution in [2.75, 3.05) is 5.32 Å². The molecular formula is C17H14ClFN2OS.